The van der Waals surface area contributed by atoms with E-state index in [0.717, 1.165) is 38.5 Å². The van der Waals surface area contributed by atoms with E-state index >= 15 is 0 Å². The molecule has 5 N–H and O–H groups in total. The van der Waals surface area contributed by atoms with Crippen molar-refractivity contribution in [2.75, 3.05) is 19.8 Å². The first-order chi connectivity index (χ1) is 31.9. The fourth-order valence-electron chi connectivity index (χ4n) is 9.32. The number of carbonyl (C=O) groups excluding carboxylic acids is 1. The van der Waals surface area contributed by atoms with Crippen LogP contribution in [0, 0.1) is 0 Å². The van der Waals surface area contributed by atoms with Crippen LogP contribution in [-0.2, 0) is 18.4 Å². The fraction of sp³-hybridized carbons (Fsp3) is 0.982. The van der Waals surface area contributed by atoms with Crippen LogP contribution in [0.25, 0.3) is 0 Å². The van der Waals surface area contributed by atoms with Crippen LogP contribution in [0.1, 0.15) is 322 Å². The number of phosphoric acid groups is 1. The van der Waals surface area contributed by atoms with E-state index in [1.54, 1.807) is 0 Å². The van der Waals surface area contributed by atoms with Crippen molar-refractivity contribution in [1.29, 1.82) is 0 Å². The average Bonchev–Trinajstić information content (AvgIpc) is 3.30. The molecule has 0 spiro atoms. The highest BCUT2D eigenvalue weighted by Crippen LogP contribution is 2.43. The number of nitrogens with two attached hydrogens (primary N) is 1. The molecule has 0 rings (SSSR count). The van der Waals surface area contributed by atoms with Crippen molar-refractivity contribution in [3.8, 4) is 0 Å². The van der Waals surface area contributed by atoms with E-state index in [4.69, 9.17) is 14.8 Å². The summed E-state index contributed by atoms with van der Waals surface area (Å²) in [6.07, 6.45) is 61.7. The summed E-state index contributed by atoms with van der Waals surface area (Å²) in [6.45, 7) is 4.26. The lowest BCUT2D eigenvalue weighted by Gasteiger charge is -2.25. The van der Waals surface area contributed by atoms with Crippen LogP contribution in [0.5, 0.6) is 0 Å². The van der Waals surface area contributed by atoms with Crippen molar-refractivity contribution < 1.29 is 28.4 Å². The fourth-order valence-corrected chi connectivity index (χ4v) is 10.1. The average molecular weight is 944 g/mol. The quantitative estimate of drug-likeness (QED) is 0.0353. The molecule has 1 amide bonds. The highest BCUT2D eigenvalue weighted by molar-refractivity contribution is 7.47. The van der Waals surface area contributed by atoms with Gasteiger partial charge in [-0.15, -0.1) is 0 Å². The van der Waals surface area contributed by atoms with Gasteiger partial charge in [0.15, 0.2) is 0 Å². The maximum Gasteiger partial charge on any atom is 0.472 e. The van der Waals surface area contributed by atoms with Crippen molar-refractivity contribution >= 4 is 13.7 Å². The first-order valence-corrected chi connectivity index (χ1v) is 30.6. The Bertz CT molecular complexity index is 988. The molecule has 0 aliphatic heterocycles. The Morgan fingerprint density at radius 2 is 0.708 bits per heavy atom. The molecule has 0 saturated heterocycles. The lowest BCUT2D eigenvalue weighted by Crippen LogP contribution is -2.46. The number of aliphatic hydroxyl groups is 1. The zero-order valence-corrected chi connectivity index (χ0v) is 44.7. The van der Waals surface area contributed by atoms with Gasteiger partial charge in [0.1, 0.15) is 0 Å². The number of carbonyl (C=O) groups is 1. The van der Waals surface area contributed by atoms with Crippen LogP contribution < -0.4 is 11.1 Å². The van der Waals surface area contributed by atoms with Gasteiger partial charge >= 0.3 is 7.82 Å². The Hall–Kier alpha value is -0.500. The van der Waals surface area contributed by atoms with Gasteiger partial charge in [0.05, 0.1) is 25.4 Å². The van der Waals surface area contributed by atoms with Gasteiger partial charge in [-0.2, -0.15) is 0 Å². The Morgan fingerprint density at radius 3 is 0.985 bits per heavy atom. The highest BCUT2D eigenvalue weighted by Gasteiger charge is 2.27. The summed E-state index contributed by atoms with van der Waals surface area (Å²) in [7, 11) is -4.31. The molecule has 0 aromatic heterocycles. The molecule has 390 valence electrons. The Morgan fingerprint density at radius 1 is 0.446 bits per heavy atom. The predicted molar refractivity (Wildman–Crippen MR) is 282 cm³/mol. The lowest BCUT2D eigenvalue weighted by molar-refractivity contribution is -0.123. The third-order valence-corrected chi connectivity index (χ3v) is 14.7. The van der Waals surface area contributed by atoms with Crippen LogP contribution in [0.4, 0.5) is 0 Å². The smallest absolute Gasteiger partial charge is 0.391 e. The Kier molecular flexibility index (Phi) is 52.5. The molecule has 0 aromatic carbocycles. The van der Waals surface area contributed by atoms with Gasteiger partial charge in [-0.1, -0.05) is 303 Å². The molecule has 1 unspecified atom stereocenters. The minimum atomic E-state index is -4.31. The molecule has 0 radical (unpaired) electrons. The Labute approximate surface area is 405 Å². The summed E-state index contributed by atoms with van der Waals surface area (Å²) >= 11 is 0. The van der Waals surface area contributed by atoms with E-state index < -0.39 is 20.0 Å². The molecular formula is C56H115N2O6P. The standard InChI is InChI=1S/C56H115N2O6P/c1-3-5-7-9-11-13-15-17-18-19-20-21-22-23-24-25-26-27-28-29-30-31-32-33-34-35-36-38-40-42-44-46-48-50-56(60)58-54(53-64-65(61,62)63-52-51-57)55(59)49-47-45-43-41-39-37-16-14-12-10-8-6-4-2/h54-55,59H,3-53,57H2,1-2H3,(H,58,60)(H,61,62)/t54-,55+/m0/s1. The molecule has 0 fully saturated rings. The van der Waals surface area contributed by atoms with Crippen LogP contribution in [0.2, 0.25) is 0 Å². The normalized spacial score (nSPS) is 13.6. The molecule has 65 heavy (non-hydrogen) atoms. The SMILES string of the molecule is CCCCCCCCCCCCCCCCCCCCCCCCCCCCCCCCCCCC(=O)N[C@@H](COP(=O)(O)OCCN)[C@H](O)CCCCCCCCCCCCCCC. The van der Waals surface area contributed by atoms with Gasteiger partial charge < -0.3 is 21.1 Å². The molecule has 0 aliphatic carbocycles. The zero-order chi connectivity index (χ0) is 47.4. The minimum absolute atomic E-state index is 0.0927. The zero-order valence-electron chi connectivity index (χ0n) is 43.8. The number of hydrogen-bond donors (Lipinski definition) is 4. The van der Waals surface area contributed by atoms with E-state index in [-0.39, 0.29) is 25.7 Å². The van der Waals surface area contributed by atoms with E-state index in [9.17, 15) is 19.4 Å². The summed E-state index contributed by atoms with van der Waals surface area (Å²) in [6, 6.07) is -0.769. The van der Waals surface area contributed by atoms with E-state index in [2.05, 4.69) is 19.2 Å². The molecule has 8 nitrogen and oxygen atoms in total. The highest BCUT2D eigenvalue weighted by atomic mass is 31.2. The molecule has 0 aromatic rings. The second kappa shape index (κ2) is 52.9. The van der Waals surface area contributed by atoms with E-state index in [0.29, 0.717) is 12.8 Å². The van der Waals surface area contributed by atoms with Crippen LogP contribution in [-0.4, -0.2) is 47.8 Å². The van der Waals surface area contributed by atoms with E-state index in [1.807, 2.05) is 0 Å². The first-order valence-electron chi connectivity index (χ1n) is 29.2. The lowest BCUT2D eigenvalue weighted by atomic mass is 10.0. The number of aliphatic hydroxyl groups excluding tert-OH is 1. The van der Waals surface area contributed by atoms with Gasteiger partial charge in [-0.3, -0.25) is 13.8 Å². The van der Waals surface area contributed by atoms with Crippen molar-refractivity contribution in [2.24, 2.45) is 5.73 Å². The number of amides is 1. The number of nitrogens with one attached hydrogen (secondary N) is 1. The molecule has 0 aliphatic rings. The minimum Gasteiger partial charge on any atom is -0.391 e. The number of rotatable bonds is 56. The van der Waals surface area contributed by atoms with Crippen LogP contribution in [0.3, 0.4) is 0 Å². The van der Waals surface area contributed by atoms with Crippen LogP contribution in [0.15, 0.2) is 0 Å². The monoisotopic (exact) mass is 943 g/mol. The van der Waals surface area contributed by atoms with Crippen molar-refractivity contribution in [3.63, 3.8) is 0 Å². The van der Waals surface area contributed by atoms with Gasteiger partial charge in [-0.05, 0) is 12.8 Å². The molecule has 0 bridgehead atoms. The molecule has 9 heteroatoms. The number of unbranched alkanes of at least 4 members (excludes halogenated alkanes) is 44. The van der Waals surface area contributed by atoms with Crippen molar-refractivity contribution in [2.45, 2.75) is 334 Å². The van der Waals surface area contributed by atoms with Gasteiger partial charge in [-0.25, -0.2) is 4.57 Å². The van der Waals surface area contributed by atoms with Gasteiger partial charge in [0.2, 0.25) is 5.91 Å². The van der Waals surface area contributed by atoms with Gasteiger partial charge in [0, 0.05) is 13.0 Å². The second-order valence-electron chi connectivity index (χ2n) is 20.2. The topological polar surface area (TPSA) is 131 Å². The summed E-state index contributed by atoms with van der Waals surface area (Å²) in [5.74, 6) is -0.153. The maximum absolute atomic E-state index is 12.9. The molecular weight excluding hydrogens is 828 g/mol. The van der Waals surface area contributed by atoms with Gasteiger partial charge in [0.25, 0.3) is 0 Å². The summed E-state index contributed by atoms with van der Waals surface area (Å²) < 4.78 is 22.3. The van der Waals surface area contributed by atoms with Crippen molar-refractivity contribution in [3.05, 3.63) is 0 Å². The molecule has 3 atom stereocenters. The largest absolute Gasteiger partial charge is 0.472 e. The third kappa shape index (κ3) is 51.2. The first kappa shape index (κ1) is 64.5. The summed E-state index contributed by atoms with van der Waals surface area (Å²) in [5.41, 5.74) is 5.40. The predicted octanol–water partition coefficient (Wildman–Crippen LogP) is 17.7. The number of phosphoric ester groups is 1. The second-order valence-corrected chi connectivity index (χ2v) is 21.7. The summed E-state index contributed by atoms with van der Waals surface area (Å²) in [5, 5.41) is 13.9. The van der Waals surface area contributed by atoms with E-state index in [1.165, 1.54) is 257 Å². The molecule has 0 heterocycles. The van der Waals surface area contributed by atoms with Crippen molar-refractivity contribution in [1.82, 2.24) is 5.32 Å². The van der Waals surface area contributed by atoms with Crippen LogP contribution >= 0.6 is 7.82 Å². The number of hydrogen-bond acceptors (Lipinski definition) is 6. The third-order valence-electron chi connectivity index (χ3n) is 13.7. The summed E-state index contributed by atoms with van der Waals surface area (Å²) in [4.78, 5) is 22.9. The molecule has 0 saturated carbocycles. The Balaban J connectivity index is 3.76. The maximum atomic E-state index is 12.9.